The molecular weight excluding hydrogens is 418 g/mol. The van der Waals surface area contributed by atoms with Gasteiger partial charge in [0.25, 0.3) is 0 Å². The number of nitrogens with two attached hydrogens (primary N) is 1. The molecule has 33 heavy (non-hydrogen) atoms. The summed E-state index contributed by atoms with van der Waals surface area (Å²) >= 11 is 0. The Kier molecular flexibility index (Phi) is 6.92. The molecule has 1 heterocycles. The van der Waals surface area contributed by atoms with Crippen molar-refractivity contribution in [2.45, 2.75) is 38.3 Å². The number of aromatic nitrogens is 2. The first-order chi connectivity index (χ1) is 16.1. The van der Waals surface area contributed by atoms with Crippen LogP contribution in [-0.4, -0.2) is 41.6 Å². The van der Waals surface area contributed by atoms with Crippen LogP contribution in [0.15, 0.2) is 59.7 Å². The smallest absolute Gasteiger partial charge is 0.233 e. The number of hydrogen-bond acceptors (Lipinski definition) is 7. The third-order valence-corrected chi connectivity index (χ3v) is 5.77. The van der Waals surface area contributed by atoms with Crippen LogP contribution in [0.3, 0.4) is 0 Å². The van der Waals surface area contributed by atoms with Crippen LogP contribution in [0.5, 0.6) is 11.5 Å². The number of Topliss-reactive ketones (excluding diaryl/α,β-unsaturated/α-hetero) is 1. The minimum Gasteiger partial charge on any atom is -0.496 e. The van der Waals surface area contributed by atoms with E-state index < -0.39 is 0 Å². The topological polar surface area (TPSA) is 104 Å². The lowest BCUT2D eigenvalue weighted by molar-refractivity contribution is 0.105. The number of nitrogens with zero attached hydrogens (tertiary/aromatic N) is 3. The lowest BCUT2D eigenvalue weighted by atomic mass is 10.1. The van der Waals surface area contributed by atoms with Crippen LogP contribution in [0, 0.1) is 0 Å². The molecule has 1 aliphatic rings. The van der Waals surface area contributed by atoms with E-state index in [4.69, 9.17) is 20.2 Å². The first-order valence-corrected chi connectivity index (χ1v) is 11.1. The van der Waals surface area contributed by atoms with Crippen molar-refractivity contribution in [3.05, 3.63) is 65.9 Å². The van der Waals surface area contributed by atoms with E-state index in [0.29, 0.717) is 35.2 Å². The van der Waals surface area contributed by atoms with Crippen LogP contribution < -0.4 is 20.5 Å². The molecule has 1 aliphatic carbocycles. The minimum absolute atomic E-state index is 0.0741. The Morgan fingerprint density at radius 1 is 1.21 bits per heavy atom. The highest BCUT2D eigenvalue weighted by Crippen LogP contribution is 2.28. The van der Waals surface area contributed by atoms with Crippen LogP contribution in [0.2, 0.25) is 0 Å². The summed E-state index contributed by atoms with van der Waals surface area (Å²) in [5, 5.41) is 7.31. The van der Waals surface area contributed by atoms with Gasteiger partial charge in [-0.15, -0.1) is 0 Å². The molecule has 172 valence electrons. The molecule has 0 radical (unpaired) electrons. The van der Waals surface area contributed by atoms with Gasteiger partial charge in [0.15, 0.2) is 11.7 Å². The number of hydrogen-bond donors (Lipinski definition) is 2. The molecular formula is C25H29N5O3. The minimum atomic E-state index is -0.300. The average Bonchev–Trinajstić information content (AvgIpc) is 3.50. The molecule has 0 atom stereocenters. The lowest BCUT2D eigenvalue weighted by Crippen LogP contribution is -2.28. The molecule has 1 fully saturated rings. The fraction of sp³-hybridized carbons (Fsp3) is 0.320. The highest BCUT2D eigenvalue weighted by atomic mass is 16.5. The van der Waals surface area contributed by atoms with Crippen molar-refractivity contribution in [2.75, 3.05) is 25.2 Å². The standard InChI is InChI=1S/C25H29N5O3/c1-27-21-15-28-30(24(21)26)25(29-18-10-6-7-11-18)23(31)20-13-12-19(14-22(20)32-2)33-16-17-8-4-3-5-9-17/h3-5,8-9,12-15,18,27H,6-7,10-11,16,26H2,1-2H3. The summed E-state index contributed by atoms with van der Waals surface area (Å²) in [6.07, 6.45) is 5.68. The second kappa shape index (κ2) is 10.2. The van der Waals surface area contributed by atoms with Crippen molar-refractivity contribution in [1.82, 2.24) is 9.78 Å². The first kappa shape index (κ1) is 22.4. The van der Waals surface area contributed by atoms with Gasteiger partial charge in [0.05, 0.1) is 30.6 Å². The summed E-state index contributed by atoms with van der Waals surface area (Å²) < 4.78 is 12.8. The molecule has 0 amide bonds. The molecule has 0 spiro atoms. The Morgan fingerprint density at radius 2 is 1.97 bits per heavy atom. The van der Waals surface area contributed by atoms with Crippen LogP contribution in [-0.2, 0) is 6.61 Å². The fourth-order valence-corrected chi connectivity index (χ4v) is 3.95. The average molecular weight is 448 g/mol. The van der Waals surface area contributed by atoms with Crippen molar-refractivity contribution in [3.8, 4) is 11.5 Å². The van der Waals surface area contributed by atoms with Crippen LogP contribution in [0.25, 0.3) is 0 Å². The Morgan fingerprint density at radius 3 is 2.64 bits per heavy atom. The largest absolute Gasteiger partial charge is 0.496 e. The van der Waals surface area contributed by atoms with Crippen molar-refractivity contribution in [1.29, 1.82) is 0 Å². The SMILES string of the molecule is CNc1cnn(C(=NC2CCCC2)C(=O)c2ccc(OCc3ccccc3)cc2OC)c1N. The molecule has 2 aromatic carbocycles. The van der Waals surface area contributed by atoms with Crippen molar-refractivity contribution < 1.29 is 14.3 Å². The summed E-state index contributed by atoms with van der Waals surface area (Å²) in [6.45, 7) is 0.419. The van der Waals surface area contributed by atoms with Gasteiger partial charge in [0, 0.05) is 13.1 Å². The number of methoxy groups -OCH3 is 1. The predicted molar refractivity (Wildman–Crippen MR) is 129 cm³/mol. The van der Waals surface area contributed by atoms with Crippen molar-refractivity contribution >= 4 is 23.1 Å². The zero-order valence-corrected chi connectivity index (χ0v) is 19.0. The zero-order chi connectivity index (χ0) is 23.2. The molecule has 0 bridgehead atoms. The molecule has 3 N–H and O–H groups in total. The third-order valence-electron chi connectivity index (χ3n) is 5.77. The Labute approximate surface area is 193 Å². The van der Waals surface area contributed by atoms with Gasteiger partial charge >= 0.3 is 0 Å². The van der Waals surface area contributed by atoms with Gasteiger partial charge in [-0.25, -0.2) is 0 Å². The van der Waals surface area contributed by atoms with Gasteiger partial charge in [0.1, 0.15) is 18.1 Å². The molecule has 1 saturated carbocycles. The van der Waals surface area contributed by atoms with Gasteiger partial charge in [-0.3, -0.25) is 9.79 Å². The monoisotopic (exact) mass is 447 g/mol. The number of anilines is 2. The van der Waals surface area contributed by atoms with Crippen LogP contribution in [0.1, 0.15) is 41.6 Å². The number of benzene rings is 2. The number of nitrogens with one attached hydrogen (secondary N) is 1. The Balaban J connectivity index is 1.64. The molecule has 1 aromatic heterocycles. The molecule has 0 aliphatic heterocycles. The van der Waals surface area contributed by atoms with E-state index in [9.17, 15) is 4.79 Å². The van der Waals surface area contributed by atoms with Crippen molar-refractivity contribution in [3.63, 3.8) is 0 Å². The summed E-state index contributed by atoms with van der Waals surface area (Å²) in [6, 6.07) is 15.1. The Hall–Kier alpha value is -3.81. The fourth-order valence-electron chi connectivity index (χ4n) is 3.95. The van der Waals surface area contributed by atoms with Crippen LogP contribution in [0.4, 0.5) is 11.5 Å². The number of ketones is 1. The van der Waals surface area contributed by atoms with E-state index in [1.807, 2.05) is 30.3 Å². The van der Waals surface area contributed by atoms with E-state index >= 15 is 0 Å². The number of rotatable bonds is 8. The maximum absolute atomic E-state index is 13.7. The summed E-state index contributed by atoms with van der Waals surface area (Å²) in [5.41, 5.74) is 8.32. The molecule has 0 unspecified atom stereocenters. The first-order valence-electron chi connectivity index (χ1n) is 11.1. The third kappa shape index (κ3) is 5.00. The normalized spacial score (nSPS) is 14.3. The van der Waals surface area contributed by atoms with E-state index in [2.05, 4.69) is 10.4 Å². The van der Waals surface area contributed by atoms with Crippen LogP contribution >= 0.6 is 0 Å². The second-order valence-electron chi connectivity index (χ2n) is 7.96. The molecule has 3 aromatic rings. The molecule has 8 heteroatoms. The van der Waals surface area contributed by atoms with E-state index in [1.54, 1.807) is 31.4 Å². The van der Waals surface area contributed by atoms with E-state index in [0.717, 1.165) is 31.2 Å². The summed E-state index contributed by atoms with van der Waals surface area (Å²) in [7, 11) is 3.28. The second-order valence-corrected chi connectivity index (χ2v) is 7.96. The molecule has 4 rings (SSSR count). The molecule has 0 saturated heterocycles. The van der Waals surface area contributed by atoms with Gasteiger partial charge in [-0.05, 0) is 30.5 Å². The van der Waals surface area contributed by atoms with E-state index in [1.165, 1.54) is 11.8 Å². The predicted octanol–water partition coefficient (Wildman–Crippen LogP) is 4.17. The number of aliphatic imine (C=N–C) groups is 1. The van der Waals surface area contributed by atoms with Gasteiger partial charge in [0.2, 0.25) is 5.78 Å². The zero-order valence-electron chi connectivity index (χ0n) is 19.0. The summed E-state index contributed by atoms with van der Waals surface area (Å²) in [4.78, 5) is 18.4. The maximum Gasteiger partial charge on any atom is 0.233 e. The number of carbonyl (C=O) groups excluding carboxylic acids is 1. The van der Waals surface area contributed by atoms with Gasteiger partial charge in [-0.2, -0.15) is 9.78 Å². The Bertz CT molecular complexity index is 1130. The molecule has 8 nitrogen and oxygen atoms in total. The number of carbonyl (C=O) groups is 1. The number of ether oxygens (including phenoxy) is 2. The summed E-state index contributed by atoms with van der Waals surface area (Å²) in [5.74, 6) is 1.24. The van der Waals surface area contributed by atoms with Crippen molar-refractivity contribution in [2.24, 2.45) is 4.99 Å². The van der Waals surface area contributed by atoms with E-state index in [-0.39, 0.29) is 17.7 Å². The quantitative estimate of drug-likeness (QED) is 0.305. The lowest BCUT2D eigenvalue weighted by Gasteiger charge is -2.14. The highest BCUT2D eigenvalue weighted by molar-refractivity contribution is 6.46. The van der Waals surface area contributed by atoms with Gasteiger partial charge < -0.3 is 20.5 Å². The number of nitrogen functional groups attached to an aromatic ring is 1. The maximum atomic E-state index is 13.7. The van der Waals surface area contributed by atoms with Gasteiger partial charge in [-0.1, -0.05) is 43.2 Å². The highest BCUT2D eigenvalue weighted by Gasteiger charge is 2.26.